The minimum absolute atomic E-state index is 0.0603. The molecular formula is C24H30ClN3O4S. The molecule has 2 aromatic carbocycles. The van der Waals surface area contributed by atoms with Crippen molar-refractivity contribution in [3.8, 4) is 0 Å². The van der Waals surface area contributed by atoms with Crippen LogP contribution in [0.4, 0.5) is 0 Å². The van der Waals surface area contributed by atoms with E-state index in [0.717, 1.165) is 34.3 Å². The second-order valence-corrected chi connectivity index (χ2v) is 11.5. The molecule has 2 heterocycles. The van der Waals surface area contributed by atoms with E-state index < -0.39 is 22.1 Å². The maximum absolute atomic E-state index is 13.3. The van der Waals surface area contributed by atoms with E-state index in [-0.39, 0.29) is 22.8 Å². The number of hydrogen-bond acceptors (Lipinski definition) is 4. The number of rotatable bonds is 5. The molecule has 33 heavy (non-hydrogen) atoms. The van der Waals surface area contributed by atoms with Crippen LogP contribution in [0.2, 0.25) is 5.02 Å². The summed E-state index contributed by atoms with van der Waals surface area (Å²) in [5, 5.41) is 2.17. The summed E-state index contributed by atoms with van der Waals surface area (Å²) in [6, 6.07) is 8.83. The van der Waals surface area contributed by atoms with Crippen LogP contribution in [-0.4, -0.2) is 72.6 Å². The van der Waals surface area contributed by atoms with E-state index in [1.165, 1.54) is 18.0 Å². The number of benzene rings is 2. The third kappa shape index (κ3) is 4.48. The van der Waals surface area contributed by atoms with Crippen LogP contribution < -0.4 is 0 Å². The van der Waals surface area contributed by atoms with Crippen LogP contribution in [0.5, 0.6) is 0 Å². The predicted molar refractivity (Wildman–Crippen MR) is 129 cm³/mol. The van der Waals surface area contributed by atoms with E-state index in [4.69, 9.17) is 11.6 Å². The number of hydrogen-bond donors (Lipinski definition) is 0. The molecule has 2 aliphatic rings. The summed E-state index contributed by atoms with van der Waals surface area (Å²) >= 11 is 6.02. The van der Waals surface area contributed by atoms with Gasteiger partial charge in [0.1, 0.15) is 12.1 Å². The minimum Gasteiger partial charge on any atom is -0.338 e. The van der Waals surface area contributed by atoms with Gasteiger partial charge in [-0.3, -0.25) is 9.59 Å². The van der Waals surface area contributed by atoms with E-state index in [1.54, 1.807) is 37.3 Å². The highest BCUT2D eigenvalue weighted by Crippen LogP contribution is 2.28. The second-order valence-electron chi connectivity index (χ2n) is 9.06. The highest BCUT2D eigenvalue weighted by molar-refractivity contribution is 7.89. The molecule has 0 saturated carbocycles. The molecule has 0 radical (unpaired) electrons. The fraction of sp³-hybridized carbons (Fsp3) is 0.500. The lowest BCUT2D eigenvalue weighted by Crippen LogP contribution is -2.53. The maximum atomic E-state index is 13.3. The first kappa shape index (κ1) is 24.0. The lowest BCUT2D eigenvalue weighted by atomic mass is 10.0. The van der Waals surface area contributed by atoms with Crippen molar-refractivity contribution in [2.45, 2.75) is 62.6 Å². The number of nitrogens with zero attached hydrogens (tertiary/aromatic N) is 3. The molecule has 2 saturated heterocycles. The van der Waals surface area contributed by atoms with Gasteiger partial charge in [-0.2, -0.15) is 4.31 Å². The van der Waals surface area contributed by atoms with Gasteiger partial charge < -0.3 is 9.80 Å². The first-order valence-corrected chi connectivity index (χ1v) is 13.2. The molecule has 4 rings (SSSR count). The molecule has 7 nitrogen and oxygen atoms in total. The lowest BCUT2D eigenvalue weighted by Gasteiger charge is -2.37. The minimum atomic E-state index is -3.90. The fourth-order valence-electron chi connectivity index (χ4n) is 4.90. The molecule has 2 fully saturated rings. The van der Waals surface area contributed by atoms with Crippen molar-refractivity contribution in [1.29, 1.82) is 0 Å². The second kappa shape index (κ2) is 9.24. The van der Waals surface area contributed by atoms with Gasteiger partial charge in [0, 0.05) is 31.2 Å². The van der Waals surface area contributed by atoms with Gasteiger partial charge in [-0.05, 0) is 74.6 Å². The van der Waals surface area contributed by atoms with Gasteiger partial charge in [0.15, 0.2) is 0 Å². The predicted octanol–water partition coefficient (Wildman–Crippen LogP) is 3.50. The average Bonchev–Trinajstić information content (AvgIpc) is 3.18. The summed E-state index contributed by atoms with van der Waals surface area (Å²) in [6.45, 7) is 4.84. The number of sulfonamides is 1. The quantitative estimate of drug-likeness (QED) is 0.641. The van der Waals surface area contributed by atoms with Crippen LogP contribution in [0.1, 0.15) is 39.5 Å². The monoisotopic (exact) mass is 491 g/mol. The molecule has 0 aromatic heterocycles. The Balaban J connectivity index is 1.51. The first-order valence-electron chi connectivity index (χ1n) is 11.4. The zero-order valence-electron chi connectivity index (χ0n) is 19.2. The average molecular weight is 492 g/mol. The molecule has 3 atom stereocenters. The van der Waals surface area contributed by atoms with Gasteiger partial charge in [0.05, 0.1) is 4.90 Å². The number of carbonyl (C=O) groups excluding carboxylic acids is 2. The molecule has 0 bridgehead atoms. The molecule has 0 N–H and O–H groups in total. The van der Waals surface area contributed by atoms with E-state index >= 15 is 0 Å². The standard InChI is InChI=1S/C24H30ClN3O4S/c1-16-6-4-5-12-27(16)23(29)17(2)28-13-11-22(24(28)30)26(3)33(31,32)21-10-8-18-14-20(25)9-7-19(18)15-21/h7-10,14-17,22H,4-6,11-13H2,1-3H3/t16-,17-,22+/m1/s1. The topological polar surface area (TPSA) is 78.0 Å². The van der Waals surface area contributed by atoms with Crippen molar-refractivity contribution in [3.05, 3.63) is 41.4 Å². The number of piperidine rings is 1. The Kier molecular flexibility index (Phi) is 6.71. The summed E-state index contributed by atoms with van der Waals surface area (Å²) in [6.07, 6.45) is 3.39. The Morgan fingerprint density at radius 3 is 2.52 bits per heavy atom. The Hall–Kier alpha value is -2.16. The number of likely N-dealkylation sites (N-methyl/N-ethyl adjacent to an activating group) is 1. The summed E-state index contributed by atoms with van der Waals surface area (Å²) < 4.78 is 27.8. The van der Waals surface area contributed by atoms with Crippen molar-refractivity contribution in [3.63, 3.8) is 0 Å². The van der Waals surface area contributed by atoms with Crippen LogP contribution in [0.25, 0.3) is 10.8 Å². The van der Waals surface area contributed by atoms with Gasteiger partial charge in [0.2, 0.25) is 21.8 Å². The van der Waals surface area contributed by atoms with E-state index in [2.05, 4.69) is 0 Å². The SMILES string of the molecule is C[C@@H]1CCCCN1C(=O)[C@@H](C)N1CC[C@H](N(C)S(=O)(=O)c2ccc3cc(Cl)ccc3c2)C1=O. The normalized spacial score (nSPS) is 22.9. The molecule has 178 valence electrons. The Labute approximate surface area is 200 Å². The van der Waals surface area contributed by atoms with Gasteiger partial charge in [-0.1, -0.05) is 23.7 Å². The number of fused-ring (bicyclic) bond motifs is 1. The summed E-state index contributed by atoms with van der Waals surface area (Å²) in [5.41, 5.74) is 0. The Morgan fingerprint density at radius 2 is 1.79 bits per heavy atom. The number of halogens is 1. The zero-order chi connectivity index (χ0) is 23.9. The molecule has 2 aliphatic heterocycles. The Bertz CT molecular complexity index is 1190. The van der Waals surface area contributed by atoms with Crippen molar-refractivity contribution in [2.24, 2.45) is 0 Å². The van der Waals surface area contributed by atoms with Gasteiger partial charge >= 0.3 is 0 Å². The van der Waals surface area contributed by atoms with E-state index in [1.807, 2.05) is 11.8 Å². The van der Waals surface area contributed by atoms with Crippen LogP contribution in [0.3, 0.4) is 0 Å². The van der Waals surface area contributed by atoms with E-state index in [0.29, 0.717) is 24.5 Å². The van der Waals surface area contributed by atoms with Gasteiger partial charge in [-0.25, -0.2) is 8.42 Å². The van der Waals surface area contributed by atoms with Gasteiger partial charge in [0.25, 0.3) is 0 Å². The summed E-state index contributed by atoms with van der Waals surface area (Å²) in [5.74, 6) is -0.381. The van der Waals surface area contributed by atoms with Crippen LogP contribution in [-0.2, 0) is 19.6 Å². The summed E-state index contributed by atoms with van der Waals surface area (Å²) in [7, 11) is -2.46. The number of amides is 2. The molecule has 0 aliphatic carbocycles. The zero-order valence-corrected chi connectivity index (χ0v) is 20.8. The smallest absolute Gasteiger partial charge is 0.245 e. The van der Waals surface area contributed by atoms with Crippen LogP contribution in [0, 0.1) is 0 Å². The van der Waals surface area contributed by atoms with Gasteiger partial charge in [-0.15, -0.1) is 0 Å². The first-order chi connectivity index (χ1) is 15.6. The third-order valence-electron chi connectivity index (χ3n) is 7.01. The van der Waals surface area contributed by atoms with Crippen LogP contribution >= 0.6 is 11.6 Å². The fourth-order valence-corrected chi connectivity index (χ4v) is 6.46. The highest BCUT2D eigenvalue weighted by atomic mass is 35.5. The highest BCUT2D eigenvalue weighted by Gasteiger charge is 2.43. The molecule has 9 heteroatoms. The number of likely N-dealkylation sites (tertiary alicyclic amines) is 2. The molecule has 2 amide bonds. The van der Waals surface area contributed by atoms with Crippen molar-refractivity contribution < 1.29 is 18.0 Å². The maximum Gasteiger partial charge on any atom is 0.245 e. The molecule has 2 aromatic rings. The molecule has 0 unspecified atom stereocenters. The van der Waals surface area contributed by atoms with Crippen molar-refractivity contribution >= 4 is 44.2 Å². The molecular weight excluding hydrogens is 462 g/mol. The Morgan fingerprint density at radius 1 is 1.09 bits per heavy atom. The van der Waals surface area contributed by atoms with Crippen molar-refractivity contribution in [2.75, 3.05) is 20.1 Å². The number of carbonyl (C=O) groups is 2. The van der Waals surface area contributed by atoms with Crippen LogP contribution in [0.15, 0.2) is 41.3 Å². The largest absolute Gasteiger partial charge is 0.338 e. The van der Waals surface area contributed by atoms with Crippen molar-refractivity contribution in [1.82, 2.24) is 14.1 Å². The molecule has 0 spiro atoms. The van der Waals surface area contributed by atoms with E-state index in [9.17, 15) is 18.0 Å². The lowest BCUT2D eigenvalue weighted by molar-refractivity contribution is -0.146. The summed E-state index contributed by atoms with van der Waals surface area (Å²) in [4.78, 5) is 29.8. The third-order valence-corrected chi connectivity index (χ3v) is 9.11.